The van der Waals surface area contributed by atoms with Crippen LogP contribution in [0.2, 0.25) is 0 Å². The zero-order valence-electron chi connectivity index (χ0n) is 8.62. The van der Waals surface area contributed by atoms with E-state index < -0.39 is 5.97 Å². The monoisotopic (exact) mass is 209 g/mol. The molecule has 0 aliphatic carbocycles. The van der Waals surface area contributed by atoms with Gasteiger partial charge in [0.25, 0.3) is 0 Å². The average molecular weight is 209 g/mol. The van der Waals surface area contributed by atoms with Crippen LogP contribution in [0.3, 0.4) is 0 Å². The SMILES string of the molecule is C=C(/C=C(N)\C=C/CN)C(=N)C(=O)OC. The Hall–Kier alpha value is -1.88. The summed E-state index contributed by atoms with van der Waals surface area (Å²) in [4.78, 5) is 10.9. The molecule has 0 spiro atoms. The molecule has 0 rings (SSSR count). The normalized spacial score (nSPS) is 11.5. The molecule has 0 unspecified atom stereocenters. The van der Waals surface area contributed by atoms with E-state index in [0.29, 0.717) is 12.2 Å². The zero-order chi connectivity index (χ0) is 11.8. The van der Waals surface area contributed by atoms with Crippen molar-refractivity contribution in [1.29, 1.82) is 5.41 Å². The van der Waals surface area contributed by atoms with E-state index >= 15 is 0 Å². The van der Waals surface area contributed by atoms with E-state index in [1.54, 1.807) is 12.2 Å². The number of esters is 1. The Bertz CT molecular complexity index is 330. The van der Waals surface area contributed by atoms with E-state index in [4.69, 9.17) is 16.9 Å². The number of nitrogens with two attached hydrogens (primary N) is 2. The number of methoxy groups -OCH3 is 1. The minimum Gasteiger partial charge on any atom is -0.464 e. The molecule has 0 heterocycles. The van der Waals surface area contributed by atoms with Crippen LogP contribution in [0.5, 0.6) is 0 Å². The third kappa shape index (κ3) is 4.78. The van der Waals surface area contributed by atoms with Crippen LogP contribution in [0.1, 0.15) is 0 Å². The molecular formula is C10H15N3O2. The average Bonchev–Trinajstić information content (AvgIpc) is 2.23. The molecule has 5 nitrogen and oxygen atoms in total. The Morgan fingerprint density at radius 3 is 2.67 bits per heavy atom. The second kappa shape index (κ2) is 6.56. The molecule has 0 amide bonds. The Kier molecular flexibility index (Phi) is 5.73. The number of carbonyl (C=O) groups is 1. The van der Waals surface area contributed by atoms with Crippen molar-refractivity contribution < 1.29 is 9.53 Å². The lowest BCUT2D eigenvalue weighted by molar-refractivity contribution is -0.132. The fraction of sp³-hybridized carbons (Fsp3) is 0.200. The number of rotatable bonds is 5. The standard InChI is InChI=1S/C10H15N3O2/c1-7(9(13)10(14)15-2)6-8(12)4-3-5-11/h3-4,6,13H,1,5,11-12H2,2H3/b4-3-,8-6+,13-9?. The molecule has 0 aromatic rings. The predicted molar refractivity (Wildman–Crippen MR) is 59.3 cm³/mol. The van der Waals surface area contributed by atoms with Gasteiger partial charge in [-0.3, -0.25) is 5.41 Å². The molecular weight excluding hydrogens is 194 g/mol. The summed E-state index contributed by atoms with van der Waals surface area (Å²) in [7, 11) is 1.20. The molecule has 0 bridgehead atoms. The lowest BCUT2D eigenvalue weighted by Gasteiger charge is -2.01. The highest BCUT2D eigenvalue weighted by Gasteiger charge is 2.10. The topological polar surface area (TPSA) is 102 Å². The molecule has 0 fully saturated rings. The molecule has 0 saturated carbocycles. The second-order valence-electron chi connectivity index (χ2n) is 2.67. The van der Waals surface area contributed by atoms with Gasteiger partial charge in [-0.25, -0.2) is 4.79 Å². The van der Waals surface area contributed by atoms with Gasteiger partial charge in [-0.1, -0.05) is 12.7 Å². The Balaban J connectivity index is 4.54. The first-order chi connectivity index (χ1) is 7.02. The maximum absolute atomic E-state index is 10.9. The smallest absolute Gasteiger partial charge is 0.356 e. The lowest BCUT2D eigenvalue weighted by Crippen LogP contribution is -2.16. The highest BCUT2D eigenvalue weighted by atomic mass is 16.5. The van der Waals surface area contributed by atoms with Crippen molar-refractivity contribution in [2.45, 2.75) is 0 Å². The predicted octanol–water partition coefficient (Wildman–Crippen LogP) is 0.0929. The van der Waals surface area contributed by atoms with Crippen molar-refractivity contribution in [3.63, 3.8) is 0 Å². The van der Waals surface area contributed by atoms with Crippen LogP contribution in [0.25, 0.3) is 0 Å². The number of hydrogen-bond acceptors (Lipinski definition) is 5. The lowest BCUT2D eigenvalue weighted by atomic mass is 10.1. The molecule has 82 valence electrons. The van der Waals surface area contributed by atoms with Gasteiger partial charge < -0.3 is 16.2 Å². The first-order valence-electron chi connectivity index (χ1n) is 4.22. The van der Waals surface area contributed by atoms with Crippen LogP contribution in [-0.4, -0.2) is 25.3 Å². The number of hydrogen-bond donors (Lipinski definition) is 3. The van der Waals surface area contributed by atoms with Gasteiger partial charge in [-0.2, -0.15) is 0 Å². The van der Waals surface area contributed by atoms with Crippen molar-refractivity contribution >= 4 is 11.7 Å². The van der Waals surface area contributed by atoms with Gasteiger partial charge in [0.15, 0.2) is 0 Å². The Morgan fingerprint density at radius 1 is 1.60 bits per heavy atom. The van der Waals surface area contributed by atoms with Gasteiger partial charge >= 0.3 is 5.97 Å². The first kappa shape index (κ1) is 13.1. The number of allylic oxidation sites excluding steroid dienone is 2. The van der Waals surface area contributed by atoms with Crippen LogP contribution in [0.15, 0.2) is 36.1 Å². The van der Waals surface area contributed by atoms with Crippen LogP contribution in [-0.2, 0) is 9.53 Å². The molecule has 15 heavy (non-hydrogen) atoms. The molecule has 5 heteroatoms. The Labute approximate surface area is 88.6 Å². The van der Waals surface area contributed by atoms with Gasteiger partial charge in [0.1, 0.15) is 5.71 Å². The van der Waals surface area contributed by atoms with Crippen molar-refractivity contribution in [2.24, 2.45) is 11.5 Å². The Morgan fingerprint density at radius 2 is 2.20 bits per heavy atom. The summed E-state index contributed by atoms with van der Waals surface area (Å²) in [6.07, 6.45) is 4.64. The summed E-state index contributed by atoms with van der Waals surface area (Å²) in [6.45, 7) is 3.90. The molecule has 0 aromatic heterocycles. The maximum Gasteiger partial charge on any atom is 0.356 e. The summed E-state index contributed by atoms with van der Waals surface area (Å²) in [5, 5.41) is 7.35. The van der Waals surface area contributed by atoms with E-state index in [1.165, 1.54) is 13.2 Å². The molecule has 0 atom stereocenters. The van der Waals surface area contributed by atoms with Gasteiger partial charge in [-0.15, -0.1) is 0 Å². The van der Waals surface area contributed by atoms with Crippen LogP contribution in [0.4, 0.5) is 0 Å². The molecule has 0 aliphatic heterocycles. The van der Waals surface area contributed by atoms with Gasteiger partial charge in [0.05, 0.1) is 7.11 Å². The summed E-state index contributed by atoms with van der Waals surface area (Å²) in [5.41, 5.74) is 11.0. The first-order valence-corrected chi connectivity index (χ1v) is 4.22. The van der Waals surface area contributed by atoms with Crippen molar-refractivity contribution in [3.05, 3.63) is 36.1 Å². The van der Waals surface area contributed by atoms with Crippen LogP contribution in [0, 0.1) is 5.41 Å². The quantitative estimate of drug-likeness (QED) is 0.339. The maximum atomic E-state index is 10.9. The molecule has 0 radical (unpaired) electrons. The molecule has 0 aromatic carbocycles. The zero-order valence-corrected chi connectivity index (χ0v) is 8.62. The molecule has 0 saturated heterocycles. The summed E-state index contributed by atoms with van der Waals surface area (Å²) < 4.78 is 4.36. The van der Waals surface area contributed by atoms with Crippen molar-refractivity contribution in [1.82, 2.24) is 0 Å². The highest BCUT2D eigenvalue weighted by molar-refractivity contribution is 6.42. The minimum absolute atomic E-state index is 0.195. The van der Waals surface area contributed by atoms with E-state index in [1.807, 2.05) is 0 Å². The van der Waals surface area contributed by atoms with E-state index in [-0.39, 0.29) is 11.3 Å². The highest BCUT2D eigenvalue weighted by Crippen LogP contribution is 2.00. The third-order valence-electron chi connectivity index (χ3n) is 1.50. The number of ether oxygens (including phenoxy) is 1. The van der Waals surface area contributed by atoms with Crippen molar-refractivity contribution in [3.8, 4) is 0 Å². The third-order valence-corrected chi connectivity index (χ3v) is 1.50. The van der Waals surface area contributed by atoms with Gasteiger partial charge in [0, 0.05) is 17.8 Å². The largest absolute Gasteiger partial charge is 0.464 e. The van der Waals surface area contributed by atoms with E-state index in [0.717, 1.165) is 0 Å². The van der Waals surface area contributed by atoms with Crippen LogP contribution >= 0.6 is 0 Å². The summed E-state index contributed by atoms with van der Waals surface area (Å²) in [5.74, 6) is -0.744. The fourth-order valence-electron chi connectivity index (χ4n) is 0.759. The second-order valence-corrected chi connectivity index (χ2v) is 2.67. The van der Waals surface area contributed by atoms with Gasteiger partial charge in [0.2, 0.25) is 0 Å². The molecule has 5 N–H and O–H groups in total. The number of carbonyl (C=O) groups excluding carboxylic acids is 1. The van der Waals surface area contributed by atoms with E-state index in [9.17, 15) is 4.79 Å². The summed E-state index contributed by atoms with van der Waals surface area (Å²) >= 11 is 0. The molecule has 0 aliphatic rings. The van der Waals surface area contributed by atoms with E-state index in [2.05, 4.69) is 11.3 Å². The van der Waals surface area contributed by atoms with Crippen molar-refractivity contribution in [2.75, 3.05) is 13.7 Å². The van der Waals surface area contributed by atoms with Crippen LogP contribution < -0.4 is 11.5 Å². The van der Waals surface area contributed by atoms with Gasteiger partial charge in [-0.05, 0) is 12.2 Å². The minimum atomic E-state index is -0.744. The summed E-state index contributed by atoms with van der Waals surface area (Å²) in [6, 6.07) is 0. The fourth-order valence-corrected chi connectivity index (χ4v) is 0.759. The number of nitrogens with one attached hydrogen (secondary N) is 1.